The maximum atomic E-state index is 4.43. The van der Waals surface area contributed by atoms with E-state index in [9.17, 15) is 0 Å². The zero-order valence-corrected chi connectivity index (χ0v) is 6.96. The highest BCUT2D eigenvalue weighted by atomic mass is 15.0. The molecular formula is C10H12N2. The molecule has 0 amide bonds. The van der Waals surface area contributed by atoms with E-state index in [0.29, 0.717) is 6.04 Å². The number of nitrogens with zero attached hydrogens (tertiary/aromatic N) is 1. The first-order chi connectivity index (χ1) is 5.90. The van der Waals surface area contributed by atoms with Crippen LogP contribution in [-0.2, 0) is 0 Å². The van der Waals surface area contributed by atoms with Crippen molar-refractivity contribution < 1.29 is 0 Å². The molecule has 1 aliphatic rings. The van der Waals surface area contributed by atoms with Gasteiger partial charge < -0.3 is 5.32 Å². The van der Waals surface area contributed by atoms with Crippen LogP contribution >= 0.6 is 0 Å². The largest absolute Gasteiger partial charge is 0.309 e. The Kier molecular flexibility index (Phi) is 1.92. The molecule has 2 heterocycles. The van der Waals surface area contributed by atoms with Gasteiger partial charge in [-0.05, 0) is 31.2 Å². The second-order valence-corrected chi connectivity index (χ2v) is 2.99. The fourth-order valence-electron chi connectivity index (χ4n) is 1.32. The van der Waals surface area contributed by atoms with E-state index < -0.39 is 0 Å². The van der Waals surface area contributed by atoms with Crippen LogP contribution in [-0.4, -0.2) is 11.5 Å². The van der Waals surface area contributed by atoms with Crippen molar-refractivity contribution in [2.45, 2.75) is 12.5 Å². The lowest BCUT2D eigenvalue weighted by Gasteiger charge is -2.27. The maximum absolute atomic E-state index is 4.43. The van der Waals surface area contributed by atoms with Gasteiger partial charge in [0.25, 0.3) is 0 Å². The van der Waals surface area contributed by atoms with Crippen molar-refractivity contribution in [1.29, 1.82) is 0 Å². The van der Waals surface area contributed by atoms with Crippen LogP contribution in [0.2, 0.25) is 0 Å². The third-order valence-corrected chi connectivity index (χ3v) is 2.18. The Morgan fingerprint density at radius 3 is 3.00 bits per heavy atom. The molecule has 1 aromatic rings. The highest BCUT2D eigenvalue weighted by Gasteiger charge is 2.19. The van der Waals surface area contributed by atoms with Crippen molar-refractivity contribution >= 4 is 6.08 Å². The van der Waals surface area contributed by atoms with Gasteiger partial charge in [-0.1, -0.05) is 12.6 Å². The number of nitrogens with one attached hydrogen (secondary N) is 1. The van der Waals surface area contributed by atoms with Crippen molar-refractivity contribution in [3.63, 3.8) is 0 Å². The minimum absolute atomic E-state index is 0.477. The molecule has 2 nitrogen and oxygen atoms in total. The fourth-order valence-corrected chi connectivity index (χ4v) is 1.32. The van der Waals surface area contributed by atoms with Crippen LogP contribution in [0.4, 0.5) is 0 Å². The molecule has 0 spiro atoms. The van der Waals surface area contributed by atoms with Crippen molar-refractivity contribution in [2.75, 3.05) is 6.54 Å². The average molecular weight is 160 g/mol. The Balaban J connectivity index is 2.25. The number of rotatable bonds is 2. The molecule has 1 aliphatic heterocycles. The third kappa shape index (κ3) is 1.25. The first kappa shape index (κ1) is 7.50. The van der Waals surface area contributed by atoms with Crippen LogP contribution in [0, 0.1) is 0 Å². The van der Waals surface area contributed by atoms with Crippen molar-refractivity contribution in [2.24, 2.45) is 0 Å². The smallest absolute Gasteiger partial charge is 0.0627 e. The van der Waals surface area contributed by atoms with E-state index >= 15 is 0 Å². The van der Waals surface area contributed by atoms with Gasteiger partial charge in [-0.25, -0.2) is 0 Å². The fraction of sp³-hybridized carbons (Fsp3) is 0.300. The summed E-state index contributed by atoms with van der Waals surface area (Å²) in [5.74, 6) is 0. The monoisotopic (exact) mass is 160 g/mol. The molecule has 2 rings (SSSR count). The lowest BCUT2D eigenvalue weighted by atomic mass is 10.0. The summed E-state index contributed by atoms with van der Waals surface area (Å²) in [6, 6.07) is 6.53. The van der Waals surface area contributed by atoms with E-state index in [-0.39, 0.29) is 0 Å². The van der Waals surface area contributed by atoms with Gasteiger partial charge in [0.15, 0.2) is 0 Å². The van der Waals surface area contributed by atoms with E-state index in [1.165, 1.54) is 6.42 Å². The van der Waals surface area contributed by atoms with E-state index in [2.05, 4.69) is 22.9 Å². The Morgan fingerprint density at radius 2 is 2.42 bits per heavy atom. The second-order valence-electron chi connectivity index (χ2n) is 2.99. The van der Waals surface area contributed by atoms with E-state index in [1.807, 2.05) is 12.1 Å². The Hall–Kier alpha value is -1.15. The molecular weight excluding hydrogens is 148 g/mol. The number of aromatic nitrogens is 1. The second kappa shape index (κ2) is 3.07. The average Bonchev–Trinajstić information content (AvgIpc) is 2.02. The number of pyridine rings is 1. The number of hydrogen-bond donors (Lipinski definition) is 1. The summed E-state index contributed by atoms with van der Waals surface area (Å²) in [6.07, 6.45) is 2.98. The molecule has 12 heavy (non-hydrogen) atoms. The van der Waals surface area contributed by atoms with Crippen LogP contribution in [0.5, 0.6) is 0 Å². The van der Waals surface area contributed by atoms with Gasteiger partial charge in [-0.3, -0.25) is 4.98 Å². The highest BCUT2D eigenvalue weighted by molar-refractivity contribution is 5.41. The summed E-state index contributed by atoms with van der Waals surface area (Å²) in [5.41, 5.74) is 2.10. The Bertz CT molecular complexity index is 290. The van der Waals surface area contributed by atoms with Gasteiger partial charge in [-0.15, -0.1) is 0 Å². The lowest BCUT2D eigenvalue weighted by molar-refractivity contribution is 0.375. The first-order valence-corrected chi connectivity index (χ1v) is 4.23. The molecule has 1 saturated heterocycles. The van der Waals surface area contributed by atoms with Gasteiger partial charge >= 0.3 is 0 Å². The molecule has 62 valence electrons. The normalized spacial score (nSPS) is 21.5. The molecule has 1 fully saturated rings. The molecule has 1 aromatic heterocycles. The van der Waals surface area contributed by atoms with Gasteiger partial charge in [0.2, 0.25) is 0 Å². The predicted molar refractivity (Wildman–Crippen MR) is 49.7 cm³/mol. The first-order valence-electron chi connectivity index (χ1n) is 4.23. The standard InChI is InChI=1S/C10H12N2/c1-2-8-4-3-5-10(12-8)9-6-7-11-9/h2-5,9,11H,1,6-7H2. The highest BCUT2D eigenvalue weighted by Crippen LogP contribution is 2.20. The van der Waals surface area contributed by atoms with Crippen LogP contribution in [0.25, 0.3) is 6.08 Å². The predicted octanol–water partition coefficient (Wildman–Crippen LogP) is 1.76. The topological polar surface area (TPSA) is 24.9 Å². The van der Waals surface area contributed by atoms with Crippen molar-refractivity contribution in [1.82, 2.24) is 10.3 Å². The van der Waals surface area contributed by atoms with E-state index in [0.717, 1.165) is 17.9 Å². The van der Waals surface area contributed by atoms with Crippen LogP contribution < -0.4 is 5.32 Å². The minimum atomic E-state index is 0.477. The summed E-state index contributed by atoms with van der Waals surface area (Å²) in [6.45, 7) is 4.81. The van der Waals surface area contributed by atoms with Crippen LogP contribution in [0.1, 0.15) is 23.9 Å². The molecule has 1 unspecified atom stereocenters. The quantitative estimate of drug-likeness (QED) is 0.713. The molecule has 1 atom stereocenters. The molecule has 0 saturated carbocycles. The van der Waals surface area contributed by atoms with Gasteiger partial charge in [0, 0.05) is 0 Å². The van der Waals surface area contributed by atoms with Crippen molar-refractivity contribution in [3.05, 3.63) is 36.2 Å². The van der Waals surface area contributed by atoms with Crippen molar-refractivity contribution in [3.8, 4) is 0 Å². The van der Waals surface area contributed by atoms with Crippen LogP contribution in [0.15, 0.2) is 24.8 Å². The summed E-state index contributed by atoms with van der Waals surface area (Å²) in [4.78, 5) is 4.43. The molecule has 0 aromatic carbocycles. The van der Waals surface area contributed by atoms with E-state index in [1.54, 1.807) is 6.08 Å². The zero-order chi connectivity index (χ0) is 8.39. The number of hydrogen-bond acceptors (Lipinski definition) is 2. The molecule has 0 aliphatic carbocycles. The molecule has 0 bridgehead atoms. The van der Waals surface area contributed by atoms with Gasteiger partial charge in [0.1, 0.15) is 0 Å². The van der Waals surface area contributed by atoms with Gasteiger partial charge in [0.05, 0.1) is 17.4 Å². The molecule has 0 radical (unpaired) electrons. The zero-order valence-electron chi connectivity index (χ0n) is 6.96. The molecule has 2 heteroatoms. The Morgan fingerprint density at radius 1 is 1.58 bits per heavy atom. The summed E-state index contributed by atoms with van der Waals surface area (Å²) >= 11 is 0. The van der Waals surface area contributed by atoms with Crippen LogP contribution in [0.3, 0.4) is 0 Å². The van der Waals surface area contributed by atoms with Gasteiger partial charge in [-0.2, -0.15) is 0 Å². The lowest BCUT2D eigenvalue weighted by Crippen LogP contribution is -2.35. The Labute approximate surface area is 72.3 Å². The summed E-state index contributed by atoms with van der Waals surface area (Å²) < 4.78 is 0. The minimum Gasteiger partial charge on any atom is -0.309 e. The SMILES string of the molecule is C=Cc1cccc(C2CCN2)n1. The summed E-state index contributed by atoms with van der Waals surface area (Å²) in [5, 5.41) is 3.32. The molecule has 1 N–H and O–H groups in total. The maximum Gasteiger partial charge on any atom is 0.0627 e. The third-order valence-electron chi connectivity index (χ3n) is 2.18. The van der Waals surface area contributed by atoms with E-state index in [4.69, 9.17) is 0 Å². The summed E-state index contributed by atoms with van der Waals surface area (Å²) in [7, 11) is 0.